The van der Waals surface area contributed by atoms with Crippen LogP contribution in [0.15, 0.2) is 23.1 Å². The summed E-state index contributed by atoms with van der Waals surface area (Å²) >= 11 is 0. The molecule has 3 aliphatic heterocycles. The van der Waals surface area contributed by atoms with Crippen molar-refractivity contribution in [2.75, 3.05) is 44.2 Å². The summed E-state index contributed by atoms with van der Waals surface area (Å²) in [4.78, 5) is 25.7. The highest BCUT2D eigenvalue weighted by Crippen LogP contribution is 2.38. The molecule has 7 rings (SSSR count). The van der Waals surface area contributed by atoms with Crippen LogP contribution in [0, 0.1) is 5.82 Å². The standard InChI is InChI=1S/C18H37N5O9.C17H18FN3O3/c19-3-9-8(25)2-7(22)17(29-9)31-15-5(20)1-6(21)16(14(15)28)32-18-13(27)11(23)12(26)10(4-24)30-18;18-13-7-11-14(8-15(13)20-5-3-19-4-6-20)21(10-1-2-10)9-12(16(11)22)17(23)24/h5-18,24-28H,1-4,19-23H2;7-10,19H,1-6H2,(H,23,24)/t5-,6+,7+,8-,9+,10+,11-,12+,13+,14-,15+,16-,17+,18+;/m0./s1. The average Bonchev–Trinajstić information content (AvgIpc) is 4.02. The Morgan fingerprint density at radius 1 is 0.893 bits per heavy atom. The number of aromatic nitrogens is 1. The Morgan fingerprint density at radius 3 is 2.11 bits per heavy atom. The first-order chi connectivity index (χ1) is 26.6. The summed E-state index contributed by atoms with van der Waals surface area (Å²) in [6, 6.07) is -0.189. The number of aliphatic hydroxyl groups is 5. The second-order valence-corrected chi connectivity index (χ2v) is 15.2. The minimum absolute atomic E-state index is 0.0542. The molecule has 0 amide bonds. The molecule has 2 aromatic rings. The number of rotatable bonds is 9. The number of carbonyl (C=O) groups is 1. The van der Waals surface area contributed by atoms with E-state index >= 15 is 0 Å². The van der Waals surface area contributed by atoms with Crippen molar-refractivity contribution in [2.45, 2.75) is 117 Å². The molecule has 2 aliphatic carbocycles. The first kappa shape index (κ1) is 42.6. The summed E-state index contributed by atoms with van der Waals surface area (Å²) in [5.74, 6) is -1.76. The maximum Gasteiger partial charge on any atom is 0.341 e. The van der Waals surface area contributed by atoms with Crippen molar-refractivity contribution >= 4 is 22.6 Å². The van der Waals surface area contributed by atoms with E-state index < -0.39 is 109 Å². The lowest BCUT2D eigenvalue weighted by molar-refractivity contribution is -0.314. The fourth-order valence-electron chi connectivity index (χ4n) is 7.74. The average molecular weight is 799 g/mol. The van der Waals surface area contributed by atoms with Gasteiger partial charge in [-0.1, -0.05) is 0 Å². The molecule has 0 unspecified atom stereocenters. The number of nitrogens with one attached hydrogen (secondary N) is 1. The van der Waals surface area contributed by atoms with E-state index in [1.165, 1.54) is 12.3 Å². The van der Waals surface area contributed by atoms with Crippen LogP contribution in [0.1, 0.15) is 42.1 Å². The zero-order valence-electron chi connectivity index (χ0n) is 30.8. The number of halogens is 1. The van der Waals surface area contributed by atoms with Crippen molar-refractivity contribution in [3.8, 4) is 0 Å². The lowest BCUT2D eigenvalue weighted by Gasteiger charge is -2.47. The number of benzene rings is 1. The molecule has 5 aliphatic rings. The third-order valence-corrected chi connectivity index (χ3v) is 11.1. The van der Waals surface area contributed by atoms with E-state index in [9.17, 15) is 44.6 Å². The van der Waals surface area contributed by atoms with Crippen LogP contribution in [0.3, 0.4) is 0 Å². The number of carboxylic acid groups (broad SMARTS) is 1. The van der Waals surface area contributed by atoms with Crippen LogP contribution >= 0.6 is 0 Å². The summed E-state index contributed by atoms with van der Waals surface area (Å²) in [7, 11) is 0. The smallest absolute Gasteiger partial charge is 0.341 e. The molecule has 5 fully saturated rings. The highest BCUT2D eigenvalue weighted by molar-refractivity contribution is 5.93. The van der Waals surface area contributed by atoms with Crippen LogP contribution in [0.5, 0.6) is 0 Å². The van der Waals surface area contributed by atoms with E-state index in [4.69, 9.17) is 47.6 Å². The molecule has 1 aromatic heterocycles. The second kappa shape index (κ2) is 17.9. The highest BCUT2D eigenvalue weighted by Gasteiger charge is 2.50. The Bertz CT molecular complexity index is 1730. The fraction of sp³-hybridized carbons (Fsp3) is 0.714. The van der Waals surface area contributed by atoms with E-state index in [1.807, 2.05) is 9.47 Å². The number of aromatic carboxylic acids is 1. The highest BCUT2D eigenvalue weighted by atomic mass is 19.1. The van der Waals surface area contributed by atoms with Gasteiger partial charge in [0, 0.05) is 62.4 Å². The maximum atomic E-state index is 14.6. The maximum absolute atomic E-state index is 14.6. The molecule has 2 saturated carbocycles. The lowest BCUT2D eigenvalue weighted by Crippen LogP contribution is -2.68. The number of fused-ring (bicyclic) bond motifs is 1. The first-order valence-corrected chi connectivity index (χ1v) is 18.9. The number of pyridine rings is 1. The van der Waals surface area contributed by atoms with E-state index in [1.54, 1.807) is 6.07 Å². The number of aliphatic hydroxyl groups excluding tert-OH is 5. The molecule has 3 saturated heterocycles. The van der Waals surface area contributed by atoms with Gasteiger partial charge in [-0.2, -0.15) is 0 Å². The van der Waals surface area contributed by atoms with Crippen molar-refractivity contribution in [1.82, 2.24) is 9.88 Å². The van der Waals surface area contributed by atoms with Crippen molar-refractivity contribution in [1.29, 1.82) is 0 Å². The molecule has 0 radical (unpaired) electrons. The van der Waals surface area contributed by atoms with Gasteiger partial charge in [-0.25, -0.2) is 9.18 Å². The number of hydrogen-bond donors (Lipinski definition) is 12. The second-order valence-electron chi connectivity index (χ2n) is 15.2. The Morgan fingerprint density at radius 2 is 1.52 bits per heavy atom. The molecule has 17 N–H and O–H groups in total. The van der Waals surface area contributed by atoms with Crippen molar-refractivity contribution in [2.24, 2.45) is 28.7 Å². The van der Waals surface area contributed by atoms with Crippen molar-refractivity contribution in [3.05, 3.63) is 39.9 Å². The van der Waals surface area contributed by atoms with Gasteiger partial charge < -0.3 is 93.0 Å². The number of carboxylic acids is 1. The minimum Gasteiger partial charge on any atom is -0.477 e. The first-order valence-electron chi connectivity index (χ1n) is 18.9. The Balaban J connectivity index is 0.000000197. The van der Waals surface area contributed by atoms with Gasteiger partial charge in [-0.05, 0) is 37.8 Å². The number of nitrogens with two attached hydrogens (primary N) is 5. The Kier molecular flexibility index (Phi) is 13.6. The quantitative estimate of drug-likeness (QED) is 0.113. The van der Waals surface area contributed by atoms with Gasteiger partial charge in [0.05, 0.1) is 42.1 Å². The van der Waals surface area contributed by atoms with Gasteiger partial charge in [-0.15, -0.1) is 0 Å². The number of ether oxygens (including phenoxy) is 4. The Hall–Kier alpha value is -2.97. The summed E-state index contributed by atoms with van der Waals surface area (Å²) < 4.78 is 39.1. The topological polar surface area (TPSA) is 343 Å². The predicted molar refractivity (Wildman–Crippen MR) is 197 cm³/mol. The van der Waals surface area contributed by atoms with Crippen LogP contribution in [0.2, 0.25) is 0 Å². The molecule has 56 heavy (non-hydrogen) atoms. The molecule has 314 valence electrons. The van der Waals surface area contributed by atoms with E-state index in [0.717, 1.165) is 25.9 Å². The predicted octanol–water partition coefficient (Wildman–Crippen LogP) is -4.71. The molecule has 0 spiro atoms. The molecular formula is C35H55FN8O12. The third kappa shape index (κ3) is 8.87. The van der Waals surface area contributed by atoms with Crippen LogP contribution in [-0.2, 0) is 18.9 Å². The van der Waals surface area contributed by atoms with Crippen molar-refractivity contribution < 1.29 is 58.8 Å². The molecule has 14 atom stereocenters. The van der Waals surface area contributed by atoms with E-state index in [2.05, 4.69) is 5.32 Å². The summed E-state index contributed by atoms with van der Waals surface area (Å²) in [5, 5.41) is 63.3. The summed E-state index contributed by atoms with van der Waals surface area (Å²) in [5.41, 5.74) is 29.9. The Labute approximate surface area is 321 Å². The number of nitrogens with zero attached hydrogens (tertiary/aromatic N) is 2. The summed E-state index contributed by atoms with van der Waals surface area (Å²) in [6.07, 6.45) is -7.47. The van der Waals surface area contributed by atoms with Crippen LogP contribution in [0.4, 0.5) is 10.1 Å². The van der Waals surface area contributed by atoms with Crippen LogP contribution in [-0.4, -0.2) is 166 Å². The molecule has 1 aromatic carbocycles. The molecule has 20 nitrogen and oxygen atoms in total. The number of piperazine rings is 1. The van der Waals surface area contributed by atoms with Gasteiger partial charge in [0.1, 0.15) is 48.0 Å². The van der Waals surface area contributed by atoms with Crippen molar-refractivity contribution in [3.63, 3.8) is 0 Å². The van der Waals surface area contributed by atoms with Gasteiger partial charge in [0.25, 0.3) is 0 Å². The fourth-order valence-corrected chi connectivity index (χ4v) is 7.74. The third-order valence-electron chi connectivity index (χ3n) is 11.1. The van der Waals surface area contributed by atoms with Crippen LogP contribution < -0.4 is 44.3 Å². The molecule has 0 bridgehead atoms. The zero-order chi connectivity index (χ0) is 40.6. The monoisotopic (exact) mass is 798 g/mol. The largest absolute Gasteiger partial charge is 0.477 e. The zero-order valence-corrected chi connectivity index (χ0v) is 30.8. The van der Waals surface area contributed by atoms with Gasteiger partial charge in [0.15, 0.2) is 12.6 Å². The normalized spacial score (nSPS) is 37.9. The minimum atomic E-state index is -1.44. The van der Waals surface area contributed by atoms with Crippen LogP contribution in [0.25, 0.3) is 10.9 Å². The SMILES string of the molecule is NC[C@H]1O[C@H](O[C@H]2[C@H](O)[C@@H](O[C@H]3O[C@H](CO)[C@@H](O)[C@H](N)[C@H]3O)[C@H](N)C[C@@H]2N)[C@H](N)C[C@@H]1O.O=C(O)c1cn(C2CC2)c2cc(N3CCNCC3)c(F)cc2c1=O. The number of anilines is 1. The summed E-state index contributed by atoms with van der Waals surface area (Å²) in [6.45, 7) is 2.46. The van der Waals surface area contributed by atoms with Gasteiger partial charge >= 0.3 is 5.97 Å². The van der Waals surface area contributed by atoms with Gasteiger partial charge in [0.2, 0.25) is 5.43 Å². The molecule has 4 heterocycles. The molecule has 21 heteroatoms. The van der Waals surface area contributed by atoms with Gasteiger partial charge in [-0.3, -0.25) is 4.79 Å². The molecular weight excluding hydrogens is 743 g/mol. The number of hydrogen-bond acceptors (Lipinski definition) is 18. The van der Waals surface area contributed by atoms with E-state index in [0.29, 0.717) is 24.3 Å². The van der Waals surface area contributed by atoms with E-state index in [-0.39, 0.29) is 36.4 Å². The lowest BCUT2D eigenvalue weighted by atomic mass is 9.84.